The zero-order valence-corrected chi connectivity index (χ0v) is 11.7. The number of carboxylic acids is 1. The van der Waals surface area contributed by atoms with Gasteiger partial charge in [-0.1, -0.05) is 12.1 Å². The Hall–Kier alpha value is -2.82. The average Bonchev–Trinajstić information content (AvgIpc) is 2.48. The first-order chi connectivity index (χ1) is 10.0. The number of methoxy groups -OCH3 is 1. The molecular formula is C16H15NO4. The van der Waals surface area contributed by atoms with Crippen molar-refractivity contribution in [1.29, 1.82) is 0 Å². The van der Waals surface area contributed by atoms with Crippen LogP contribution in [-0.2, 0) is 4.74 Å². The zero-order chi connectivity index (χ0) is 15.4. The van der Waals surface area contributed by atoms with E-state index in [1.165, 1.54) is 7.11 Å². The third-order valence-corrected chi connectivity index (χ3v) is 3.05. The fraction of sp³-hybridized carbons (Fsp3) is 0.125. The topological polar surface area (TPSA) is 75.6 Å². The Morgan fingerprint density at radius 1 is 1.10 bits per heavy atom. The van der Waals surface area contributed by atoms with Crippen LogP contribution < -0.4 is 5.32 Å². The second-order valence-electron chi connectivity index (χ2n) is 4.53. The number of aryl methyl sites for hydroxylation is 1. The number of benzene rings is 2. The van der Waals surface area contributed by atoms with Gasteiger partial charge >= 0.3 is 11.9 Å². The Balaban J connectivity index is 2.32. The van der Waals surface area contributed by atoms with E-state index in [4.69, 9.17) is 5.11 Å². The number of rotatable bonds is 4. The maximum atomic E-state index is 11.5. The molecule has 5 nitrogen and oxygen atoms in total. The van der Waals surface area contributed by atoms with E-state index in [2.05, 4.69) is 10.1 Å². The second-order valence-corrected chi connectivity index (χ2v) is 4.53. The minimum Gasteiger partial charge on any atom is -0.478 e. The molecule has 5 heteroatoms. The molecule has 2 aromatic carbocycles. The van der Waals surface area contributed by atoms with E-state index in [1.54, 1.807) is 42.5 Å². The molecule has 0 amide bonds. The van der Waals surface area contributed by atoms with Crippen LogP contribution in [0.1, 0.15) is 26.3 Å². The van der Waals surface area contributed by atoms with Crippen molar-refractivity contribution < 1.29 is 19.4 Å². The number of esters is 1. The van der Waals surface area contributed by atoms with Gasteiger partial charge in [0, 0.05) is 11.4 Å². The fourth-order valence-electron chi connectivity index (χ4n) is 1.89. The van der Waals surface area contributed by atoms with E-state index in [0.29, 0.717) is 16.9 Å². The van der Waals surface area contributed by atoms with Crippen LogP contribution in [0.4, 0.5) is 11.4 Å². The third-order valence-electron chi connectivity index (χ3n) is 3.05. The predicted octanol–water partition coefficient (Wildman–Crippen LogP) is 3.22. The Kier molecular flexibility index (Phi) is 4.23. The minimum absolute atomic E-state index is 0.201. The summed E-state index contributed by atoms with van der Waals surface area (Å²) in [5, 5.41) is 12.1. The van der Waals surface area contributed by atoms with Crippen LogP contribution in [0.25, 0.3) is 0 Å². The van der Waals surface area contributed by atoms with Gasteiger partial charge in [0.05, 0.1) is 18.2 Å². The van der Waals surface area contributed by atoms with Gasteiger partial charge in [0.25, 0.3) is 0 Å². The Labute approximate surface area is 122 Å². The van der Waals surface area contributed by atoms with E-state index >= 15 is 0 Å². The van der Waals surface area contributed by atoms with Crippen molar-refractivity contribution in [1.82, 2.24) is 0 Å². The number of carbonyl (C=O) groups is 2. The summed E-state index contributed by atoms with van der Waals surface area (Å²) in [6.07, 6.45) is 0. The van der Waals surface area contributed by atoms with Crippen molar-refractivity contribution in [2.24, 2.45) is 0 Å². The van der Waals surface area contributed by atoms with Gasteiger partial charge in [-0.2, -0.15) is 0 Å². The highest BCUT2D eigenvalue weighted by Gasteiger charge is 2.08. The standard InChI is InChI=1S/C16H15NO4/c1-10-6-7-11(15(18)19)9-14(10)17-13-5-3-4-12(8-13)16(20)21-2/h3-9,17H,1-2H3,(H,18,19). The summed E-state index contributed by atoms with van der Waals surface area (Å²) in [5.74, 6) is -1.41. The molecule has 0 radical (unpaired) electrons. The minimum atomic E-state index is -0.985. The monoisotopic (exact) mass is 285 g/mol. The first kappa shape index (κ1) is 14.6. The summed E-state index contributed by atoms with van der Waals surface area (Å²) in [6, 6.07) is 11.7. The van der Waals surface area contributed by atoms with Gasteiger partial charge in [-0.05, 0) is 42.8 Å². The molecule has 0 atom stereocenters. The van der Waals surface area contributed by atoms with Crippen molar-refractivity contribution in [3.8, 4) is 0 Å². The number of carbonyl (C=O) groups excluding carboxylic acids is 1. The Bertz CT molecular complexity index is 694. The lowest BCUT2D eigenvalue weighted by molar-refractivity contribution is 0.0600. The summed E-state index contributed by atoms with van der Waals surface area (Å²) in [5.41, 5.74) is 2.89. The van der Waals surface area contributed by atoms with Crippen molar-refractivity contribution in [3.63, 3.8) is 0 Å². The summed E-state index contributed by atoms with van der Waals surface area (Å²) in [4.78, 5) is 22.5. The van der Waals surface area contributed by atoms with Crippen LogP contribution in [0.2, 0.25) is 0 Å². The van der Waals surface area contributed by atoms with Gasteiger partial charge in [-0.15, -0.1) is 0 Å². The first-order valence-corrected chi connectivity index (χ1v) is 6.30. The van der Waals surface area contributed by atoms with Gasteiger partial charge < -0.3 is 15.2 Å². The average molecular weight is 285 g/mol. The summed E-state index contributed by atoms with van der Waals surface area (Å²) in [7, 11) is 1.32. The number of ether oxygens (including phenoxy) is 1. The predicted molar refractivity (Wildman–Crippen MR) is 79.2 cm³/mol. The number of anilines is 2. The van der Waals surface area contributed by atoms with E-state index in [-0.39, 0.29) is 5.56 Å². The van der Waals surface area contributed by atoms with Crippen molar-refractivity contribution in [2.45, 2.75) is 6.92 Å². The van der Waals surface area contributed by atoms with Crippen molar-refractivity contribution >= 4 is 23.3 Å². The molecule has 0 aliphatic carbocycles. The highest BCUT2D eigenvalue weighted by molar-refractivity contribution is 5.91. The van der Waals surface area contributed by atoms with Gasteiger partial charge in [0.2, 0.25) is 0 Å². The van der Waals surface area contributed by atoms with Crippen molar-refractivity contribution in [3.05, 3.63) is 59.2 Å². The molecule has 0 bridgehead atoms. The molecule has 21 heavy (non-hydrogen) atoms. The smallest absolute Gasteiger partial charge is 0.337 e. The van der Waals surface area contributed by atoms with Crippen LogP contribution in [0.15, 0.2) is 42.5 Å². The van der Waals surface area contributed by atoms with E-state index in [0.717, 1.165) is 5.56 Å². The quantitative estimate of drug-likeness (QED) is 0.843. The number of carboxylic acid groups (broad SMARTS) is 1. The summed E-state index contributed by atoms with van der Waals surface area (Å²) < 4.78 is 4.67. The van der Waals surface area contributed by atoms with Crippen LogP contribution in [0.5, 0.6) is 0 Å². The van der Waals surface area contributed by atoms with E-state index < -0.39 is 11.9 Å². The fourth-order valence-corrected chi connectivity index (χ4v) is 1.89. The Morgan fingerprint density at radius 2 is 1.86 bits per heavy atom. The van der Waals surface area contributed by atoms with Gasteiger partial charge in [0.15, 0.2) is 0 Å². The van der Waals surface area contributed by atoms with E-state index in [1.807, 2.05) is 6.92 Å². The molecule has 0 fully saturated rings. The SMILES string of the molecule is COC(=O)c1cccc(Nc2cc(C(=O)O)ccc2C)c1. The molecule has 108 valence electrons. The maximum Gasteiger partial charge on any atom is 0.337 e. The lowest BCUT2D eigenvalue weighted by atomic mass is 10.1. The first-order valence-electron chi connectivity index (χ1n) is 6.30. The summed E-state index contributed by atoms with van der Waals surface area (Å²) in [6.45, 7) is 1.87. The zero-order valence-electron chi connectivity index (χ0n) is 11.7. The lowest BCUT2D eigenvalue weighted by Crippen LogP contribution is -2.03. The molecule has 0 heterocycles. The third kappa shape index (κ3) is 3.39. The number of nitrogens with one attached hydrogen (secondary N) is 1. The molecule has 2 N–H and O–H groups in total. The maximum absolute atomic E-state index is 11.5. The molecule has 0 unspecified atom stereocenters. The highest BCUT2D eigenvalue weighted by Crippen LogP contribution is 2.23. The van der Waals surface area contributed by atoms with E-state index in [9.17, 15) is 9.59 Å². The largest absolute Gasteiger partial charge is 0.478 e. The molecule has 2 aromatic rings. The summed E-state index contributed by atoms with van der Waals surface area (Å²) >= 11 is 0. The number of hydrogen-bond donors (Lipinski definition) is 2. The van der Waals surface area contributed by atoms with Gasteiger partial charge in [-0.25, -0.2) is 9.59 Å². The van der Waals surface area contributed by atoms with Crippen LogP contribution in [0.3, 0.4) is 0 Å². The molecule has 0 saturated carbocycles. The molecule has 0 aliphatic rings. The highest BCUT2D eigenvalue weighted by atomic mass is 16.5. The van der Waals surface area contributed by atoms with Gasteiger partial charge in [-0.3, -0.25) is 0 Å². The van der Waals surface area contributed by atoms with Crippen LogP contribution >= 0.6 is 0 Å². The molecule has 0 aliphatic heterocycles. The number of hydrogen-bond acceptors (Lipinski definition) is 4. The second kappa shape index (κ2) is 6.09. The molecule has 0 saturated heterocycles. The van der Waals surface area contributed by atoms with Crippen molar-refractivity contribution in [2.75, 3.05) is 12.4 Å². The molecular weight excluding hydrogens is 270 g/mol. The Morgan fingerprint density at radius 3 is 2.52 bits per heavy atom. The number of aromatic carboxylic acids is 1. The molecule has 0 aromatic heterocycles. The van der Waals surface area contributed by atoms with Crippen LogP contribution in [0, 0.1) is 6.92 Å². The molecule has 0 spiro atoms. The van der Waals surface area contributed by atoms with Gasteiger partial charge in [0.1, 0.15) is 0 Å². The lowest BCUT2D eigenvalue weighted by Gasteiger charge is -2.11. The molecule has 2 rings (SSSR count). The normalized spacial score (nSPS) is 10.0. The van der Waals surface area contributed by atoms with Crippen LogP contribution in [-0.4, -0.2) is 24.2 Å².